The highest BCUT2D eigenvalue weighted by Gasteiger charge is 2.64. The van der Waals surface area contributed by atoms with Crippen LogP contribution in [0.4, 0.5) is 15.3 Å². The first-order valence-electron chi connectivity index (χ1n) is 28.2. The number of methoxy groups -OCH3 is 1. The maximum absolute atomic E-state index is 12.4. The van der Waals surface area contributed by atoms with Crippen molar-refractivity contribution in [3.05, 3.63) is 184 Å². The van der Waals surface area contributed by atoms with Crippen molar-refractivity contribution < 1.29 is 67.5 Å². The number of phosphoric acid groups is 1. The fourth-order valence-electron chi connectivity index (χ4n) is 11.2. The smallest absolute Gasteiger partial charge is 0.466 e. The van der Waals surface area contributed by atoms with Crippen LogP contribution in [0.1, 0.15) is 77.5 Å². The summed E-state index contributed by atoms with van der Waals surface area (Å²) in [6.45, 7) is 8.70. The van der Waals surface area contributed by atoms with Gasteiger partial charge in [0.1, 0.15) is 37.2 Å². The lowest BCUT2D eigenvalue weighted by molar-refractivity contribution is -0.0453. The Morgan fingerprint density at radius 1 is 0.864 bits per heavy atom. The van der Waals surface area contributed by atoms with Crippen molar-refractivity contribution in [3.63, 3.8) is 0 Å². The summed E-state index contributed by atoms with van der Waals surface area (Å²) in [6.07, 6.45) is 8.34. The number of para-hydroxylation sites is 1. The predicted octanol–water partition coefficient (Wildman–Crippen LogP) is 7.66. The van der Waals surface area contributed by atoms with Gasteiger partial charge in [-0.15, -0.1) is 12.4 Å². The summed E-state index contributed by atoms with van der Waals surface area (Å²) >= 11 is 0. The number of ether oxygens (including phenoxy) is 5. The molecule has 10 rings (SSSR count). The molecule has 9 N–H and O–H groups in total. The molecule has 2 aliphatic heterocycles. The molecule has 480 valence electrons. The summed E-state index contributed by atoms with van der Waals surface area (Å²) in [5, 5.41) is 18.9. The second kappa shape index (κ2) is 33.7. The standard InChI is InChI=1S/C18H21NO3.C17H21NO.C13H17N3O.C9H18N2O4.C6H5NO2.ClH.H3O4P/c1-19-8-7-18-11-4-5-13(20)17(18)22-16-14(21-2)6-3-10(15(16)18)9-12(11)19;1-18(2)13-14-19-17(15-9-5-3-6-10-15)16-11-7-4-8-12-16;1-10-12(14(2)3)13(17)16(15(10)4)11-8-6-5-7-9-11;1-3-4-9(2,5-14-7(10)12)6-15-8(11)13;8-6(9)5-2-1-3-7-4-5;;1-5(2,3)4/h3-6,11-13,17,20H,7-9H2,1-2H3;3-12,17H,13-14H2,1-2H3;5-9H,1-4H3;3-6H2,1-2H3,(H2,10,12)(H2,11,13);1-4H,(H,8,9);1H;(H3,1,2,3,4)/t11-,12+,13-,17-,18-;;;;;;/m0....../s1. The first-order valence-corrected chi connectivity index (χ1v) is 29.8. The number of amides is 2. The zero-order valence-corrected chi connectivity index (χ0v) is 53.3. The van der Waals surface area contributed by atoms with Crippen molar-refractivity contribution in [1.29, 1.82) is 0 Å². The van der Waals surface area contributed by atoms with Gasteiger partial charge in [0.05, 0.1) is 30.7 Å². The van der Waals surface area contributed by atoms with Crippen LogP contribution in [0.3, 0.4) is 0 Å². The van der Waals surface area contributed by atoms with E-state index >= 15 is 0 Å². The third kappa shape index (κ3) is 19.7. The number of hydrogen-bond donors (Lipinski definition) is 7. The van der Waals surface area contributed by atoms with Crippen LogP contribution in [-0.4, -0.2) is 161 Å². The Hall–Kier alpha value is -7.57. The topological polar surface area (TPSA) is 317 Å². The van der Waals surface area contributed by atoms with Crippen molar-refractivity contribution in [2.24, 2.45) is 29.8 Å². The van der Waals surface area contributed by atoms with Crippen LogP contribution < -0.4 is 31.4 Å². The van der Waals surface area contributed by atoms with Crippen LogP contribution >= 0.6 is 20.2 Å². The van der Waals surface area contributed by atoms with E-state index in [1.807, 2.05) is 106 Å². The Balaban J connectivity index is 0.000000235. The molecule has 2 bridgehead atoms. The van der Waals surface area contributed by atoms with Crippen LogP contribution in [0.15, 0.2) is 145 Å². The number of piperidine rings is 1. The van der Waals surface area contributed by atoms with Crippen molar-refractivity contribution >= 4 is 44.1 Å². The van der Waals surface area contributed by atoms with E-state index in [2.05, 4.69) is 96.6 Å². The summed E-state index contributed by atoms with van der Waals surface area (Å²) in [6, 6.07) is 38.2. The lowest BCUT2D eigenvalue weighted by atomic mass is 9.53. The second-order valence-corrected chi connectivity index (χ2v) is 23.2. The van der Waals surface area contributed by atoms with Crippen molar-refractivity contribution in [2.45, 2.75) is 76.2 Å². The number of rotatable bonds is 16. The number of aliphatic hydroxyl groups excluding tert-OH is 1. The number of aromatic nitrogens is 3. The van der Waals surface area contributed by atoms with Gasteiger partial charge in [0, 0.05) is 68.4 Å². The van der Waals surface area contributed by atoms with Crippen molar-refractivity contribution in [2.75, 3.05) is 80.2 Å². The number of hydrogen-bond acceptors (Lipinski definition) is 15. The molecule has 6 aromatic rings. The normalized spacial score (nSPS) is 18.1. The number of likely N-dealkylation sites (tertiary alicyclic amines) is 1. The Morgan fingerprint density at radius 3 is 1.88 bits per heavy atom. The molecule has 0 unspecified atom stereocenters. The minimum atomic E-state index is -4.64. The number of nitrogens with zero attached hydrogens (tertiary/aromatic N) is 6. The lowest BCUT2D eigenvalue weighted by Gasteiger charge is -2.56. The molecule has 0 radical (unpaired) electrons. The van der Waals surface area contributed by atoms with E-state index in [-0.39, 0.29) is 54.4 Å². The number of carbonyl (C=O) groups excluding carboxylic acids is 2. The number of carboxylic acid groups (broad SMARTS) is 1. The SMILES string of the molecule is CCCC(C)(COC(N)=O)COC(N)=O.CN(C)CCOC(c1ccccc1)c1ccccc1.COc1ccc2c3c1O[C@H]1[C@@H](O)C=C[C@H]4[C@@H](C2)N(C)CC[C@@]341.Cc1c(N(C)C)c(=O)n(-c2ccccc2)n1C.Cl.O=C(O)c1cccnc1.O=P(O)(O)O. The molecule has 4 heterocycles. The van der Waals surface area contributed by atoms with Crippen LogP contribution in [0.5, 0.6) is 11.5 Å². The van der Waals surface area contributed by atoms with Gasteiger partial charge in [-0.1, -0.05) is 117 Å². The third-order valence-corrected chi connectivity index (χ3v) is 15.2. The van der Waals surface area contributed by atoms with E-state index in [4.69, 9.17) is 59.5 Å². The number of nitrogens with two attached hydrogens (primary N) is 2. The van der Waals surface area contributed by atoms with Crippen LogP contribution in [0, 0.1) is 18.3 Å². The summed E-state index contributed by atoms with van der Waals surface area (Å²) in [7, 11) is 9.06. The van der Waals surface area contributed by atoms with Gasteiger partial charge in [-0.3, -0.25) is 14.5 Å². The number of aliphatic hydroxyl groups is 1. The molecule has 4 aromatic carbocycles. The molecule has 4 aliphatic rings. The summed E-state index contributed by atoms with van der Waals surface area (Å²) in [4.78, 5) is 75.1. The monoisotopic (exact) mass is 1260 g/mol. The predicted molar refractivity (Wildman–Crippen MR) is 339 cm³/mol. The van der Waals surface area contributed by atoms with Crippen LogP contribution in [-0.2, 0) is 37.7 Å². The Morgan fingerprint density at radius 2 is 1.42 bits per heavy atom. The van der Waals surface area contributed by atoms with Gasteiger partial charge >= 0.3 is 26.0 Å². The highest BCUT2D eigenvalue weighted by atomic mass is 35.5. The minimum Gasteiger partial charge on any atom is -0.493 e. The number of pyridine rings is 1. The largest absolute Gasteiger partial charge is 0.493 e. The number of aromatic carboxylic acids is 1. The minimum absolute atomic E-state index is 0. The van der Waals surface area contributed by atoms with Gasteiger partial charge in [0.2, 0.25) is 0 Å². The quantitative estimate of drug-likeness (QED) is 0.0361. The fraction of sp³-hybridized carbons (Fsp3) is 0.413. The fourth-order valence-corrected chi connectivity index (χ4v) is 11.2. The lowest BCUT2D eigenvalue weighted by Crippen LogP contribution is -2.64. The number of carboxylic acids is 1. The number of halogens is 1. The molecule has 1 fully saturated rings. The Labute approximate surface area is 520 Å². The first kappa shape index (κ1) is 72.9. The molecule has 1 saturated heterocycles. The zero-order valence-electron chi connectivity index (χ0n) is 51.5. The van der Waals surface area contributed by atoms with E-state index in [0.717, 1.165) is 73.9 Å². The van der Waals surface area contributed by atoms with Gasteiger partial charge in [0.15, 0.2) is 11.5 Å². The number of anilines is 1. The molecule has 0 saturated carbocycles. The van der Waals surface area contributed by atoms with Gasteiger partial charge in [-0.2, -0.15) is 0 Å². The van der Waals surface area contributed by atoms with E-state index in [1.165, 1.54) is 40.7 Å². The van der Waals surface area contributed by atoms with Crippen molar-refractivity contribution in [3.8, 4) is 17.2 Å². The average Bonchev–Trinajstić information content (AvgIpc) is 1.51. The highest BCUT2D eigenvalue weighted by Crippen LogP contribution is 2.62. The van der Waals surface area contributed by atoms with Crippen LogP contribution in [0.2, 0.25) is 0 Å². The maximum atomic E-state index is 12.4. The molecule has 23 nitrogen and oxygen atoms in total. The Kier molecular flexibility index (Phi) is 27.9. The van der Waals surface area contributed by atoms with E-state index in [1.54, 1.807) is 17.9 Å². The summed E-state index contributed by atoms with van der Waals surface area (Å²) in [5.74, 6) is 1.15. The maximum Gasteiger partial charge on any atom is 0.466 e. The molecule has 2 amide bonds. The second-order valence-electron chi connectivity index (χ2n) is 22.1. The molecule has 1 spiro atoms. The number of benzene rings is 4. The van der Waals surface area contributed by atoms with Gasteiger partial charge in [-0.05, 0) is 101 Å². The third-order valence-electron chi connectivity index (χ3n) is 15.2. The van der Waals surface area contributed by atoms with Gasteiger partial charge in [0.25, 0.3) is 5.56 Å². The summed E-state index contributed by atoms with van der Waals surface area (Å²) in [5.41, 5.74) is 17.1. The molecule has 88 heavy (non-hydrogen) atoms. The van der Waals surface area contributed by atoms with E-state index < -0.39 is 37.5 Å². The number of primary amides is 2. The molecule has 5 atom stereocenters. The number of likely N-dealkylation sites (N-methyl/N-ethyl adjacent to an activating group) is 2. The molecular formula is C63H86ClN8O15P. The molecule has 2 aromatic heterocycles. The first-order chi connectivity index (χ1) is 41.2. The van der Waals surface area contributed by atoms with E-state index in [0.29, 0.717) is 12.0 Å². The number of carbonyl (C=O) groups is 3. The van der Waals surface area contributed by atoms with E-state index in [9.17, 15) is 24.3 Å². The van der Waals surface area contributed by atoms with Gasteiger partial charge in [-0.25, -0.2) is 23.6 Å². The molecule has 25 heteroatoms. The summed E-state index contributed by atoms with van der Waals surface area (Å²) < 4.78 is 39.8. The Bertz CT molecular complexity index is 3230. The highest BCUT2D eigenvalue weighted by molar-refractivity contribution is 7.45. The molecule has 2 aliphatic carbocycles. The van der Waals surface area contributed by atoms with Crippen molar-refractivity contribution in [1.82, 2.24) is 24.1 Å². The molecular weight excluding hydrogens is 1180 g/mol. The average molecular weight is 1260 g/mol. The van der Waals surface area contributed by atoms with Crippen LogP contribution in [0.25, 0.3) is 5.69 Å². The van der Waals surface area contributed by atoms with Gasteiger partial charge < -0.3 is 74.7 Å². The zero-order chi connectivity index (χ0) is 64.2.